The van der Waals surface area contributed by atoms with Crippen LogP contribution in [0.4, 0.5) is 0 Å². The van der Waals surface area contributed by atoms with Gasteiger partial charge in [0, 0.05) is 37.4 Å². The van der Waals surface area contributed by atoms with Crippen LogP contribution in [-0.4, -0.2) is 64.7 Å². The molecule has 0 spiro atoms. The van der Waals surface area contributed by atoms with E-state index in [9.17, 15) is 9.59 Å². The summed E-state index contributed by atoms with van der Waals surface area (Å²) in [4.78, 5) is 34.0. The summed E-state index contributed by atoms with van der Waals surface area (Å²) in [7, 11) is 4.03. The van der Waals surface area contributed by atoms with Gasteiger partial charge in [0.15, 0.2) is 0 Å². The van der Waals surface area contributed by atoms with Crippen molar-refractivity contribution in [1.29, 1.82) is 0 Å². The van der Waals surface area contributed by atoms with Gasteiger partial charge in [-0.2, -0.15) is 4.98 Å². The Bertz CT molecular complexity index is 981. The van der Waals surface area contributed by atoms with Gasteiger partial charge in [-0.3, -0.25) is 9.36 Å². The fourth-order valence-corrected chi connectivity index (χ4v) is 5.77. The monoisotopic (exact) mass is 454 g/mol. The van der Waals surface area contributed by atoms with Gasteiger partial charge in [-0.1, -0.05) is 42.1 Å². The molecule has 0 bridgehead atoms. The maximum atomic E-state index is 12.9. The molecule has 7 heteroatoms. The van der Waals surface area contributed by atoms with E-state index in [1.165, 1.54) is 22.9 Å². The van der Waals surface area contributed by atoms with Gasteiger partial charge in [0.05, 0.1) is 5.75 Å². The summed E-state index contributed by atoms with van der Waals surface area (Å²) in [6.45, 7) is 3.14. The molecule has 1 aromatic heterocycles. The Morgan fingerprint density at radius 2 is 1.91 bits per heavy atom. The van der Waals surface area contributed by atoms with Crippen molar-refractivity contribution >= 4 is 17.7 Å². The molecule has 1 aliphatic carbocycles. The number of hydrogen-bond acceptors (Lipinski definition) is 5. The van der Waals surface area contributed by atoms with Crippen molar-refractivity contribution in [3.63, 3.8) is 0 Å². The van der Waals surface area contributed by atoms with Gasteiger partial charge in [0.1, 0.15) is 5.03 Å². The molecule has 0 radical (unpaired) electrons. The second kappa shape index (κ2) is 10.7. The van der Waals surface area contributed by atoms with Crippen LogP contribution in [0.15, 0.2) is 40.2 Å². The lowest BCUT2D eigenvalue weighted by atomic mass is 9.90. The van der Waals surface area contributed by atoms with E-state index >= 15 is 0 Å². The Balaban J connectivity index is 1.32. The summed E-state index contributed by atoms with van der Waals surface area (Å²) in [6, 6.07) is 10.6. The first kappa shape index (κ1) is 23.1. The fourth-order valence-electron chi connectivity index (χ4n) is 4.79. The first-order chi connectivity index (χ1) is 15.5. The highest BCUT2D eigenvalue weighted by Gasteiger charge is 2.25. The molecule has 1 fully saturated rings. The van der Waals surface area contributed by atoms with E-state index in [0.29, 0.717) is 18.2 Å². The number of benzene rings is 1. The van der Waals surface area contributed by atoms with Crippen molar-refractivity contribution in [2.75, 3.05) is 39.5 Å². The van der Waals surface area contributed by atoms with Gasteiger partial charge in [-0.15, -0.1) is 0 Å². The van der Waals surface area contributed by atoms with Crippen LogP contribution in [-0.2, 0) is 30.6 Å². The van der Waals surface area contributed by atoms with E-state index in [0.717, 1.165) is 68.9 Å². The van der Waals surface area contributed by atoms with E-state index in [1.807, 2.05) is 23.6 Å². The second-order valence-electron chi connectivity index (χ2n) is 9.24. The Kier molecular flexibility index (Phi) is 7.68. The highest BCUT2D eigenvalue weighted by Crippen LogP contribution is 2.30. The molecule has 0 unspecified atom stereocenters. The number of rotatable bonds is 8. The number of hydrogen-bond donors (Lipinski definition) is 0. The van der Waals surface area contributed by atoms with Gasteiger partial charge in [0.25, 0.3) is 0 Å². The van der Waals surface area contributed by atoms with Gasteiger partial charge in [-0.25, -0.2) is 4.79 Å². The van der Waals surface area contributed by atoms with Crippen LogP contribution in [0, 0.1) is 5.92 Å². The molecule has 2 aliphatic rings. The molecule has 0 saturated carbocycles. The summed E-state index contributed by atoms with van der Waals surface area (Å²) in [5, 5.41) is 0.774. The maximum absolute atomic E-state index is 12.9. The van der Waals surface area contributed by atoms with Gasteiger partial charge in [0.2, 0.25) is 5.91 Å². The normalized spacial score (nSPS) is 16.5. The van der Waals surface area contributed by atoms with Crippen molar-refractivity contribution in [3.05, 3.63) is 57.6 Å². The fraction of sp³-hybridized carbons (Fsp3) is 0.560. The average molecular weight is 455 g/mol. The lowest BCUT2D eigenvalue weighted by molar-refractivity contribution is -0.129. The summed E-state index contributed by atoms with van der Waals surface area (Å²) in [5.41, 5.74) is 3.52. The number of aromatic nitrogens is 2. The predicted molar refractivity (Wildman–Crippen MR) is 129 cm³/mol. The molecule has 0 N–H and O–H groups in total. The summed E-state index contributed by atoms with van der Waals surface area (Å²) < 4.78 is 1.84. The highest BCUT2D eigenvalue weighted by molar-refractivity contribution is 7.99. The van der Waals surface area contributed by atoms with Crippen LogP contribution < -0.4 is 5.69 Å². The number of piperidine rings is 1. The SMILES string of the molecule is CN(C)CCn1c2c(c(SCC(=O)N3CCC(Cc4ccccc4)CC3)nc1=O)CCC2. The quantitative estimate of drug-likeness (QED) is 0.454. The van der Waals surface area contributed by atoms with Crippen molar-refractivity contribution < 1.29 is 4.79 Å². The molecule has 0 atom stereocenters. The van der Waals surface area contributed by atoms with Gasteiger partial charge >= 0.3 is 5.69 Å². The van der Waals surface area contributed by atoms with Crippen LogP contribution in [0.25, 0.3) is 0 Å². The third kappa shape index (κ3) is 5.62. The minimum Gasteiger partial charge on any atom is -0.342 e. The van der Waals surface area contributed by atoms with E-state index in [1.54, 1.807) is 0 Å². The largest absolute Gasteiger partial charge is 0.348 e. The first-order valence-corrected chi connectivity index (χ1v) is 12.7. The number of likely N-dealkylation sites (tertiary alicyclic amines) is 1. The number of amides is 1. The lowest BCUT2D eigenvalue weighted by Gasteiger charge is -2.32. The number of carbonyl (C=O) groups excluding carboxylic acids is 1. The number of likely N-dealkylation sites (N-methyl/N-ethyl adjacent to an activating group) is 1. The number of carbonyl (C=O) groups is 1. The number of thioether (sulfide) groups is 1. The third-order valence-electron chi connectivity index (χ3n) is 6.64. The number of fused-ring (bicyclic) bond motifs is 1. The Morgan fingerprint density at radius 3 is 2.62 bits per heavy atom. The zero-order valence-corrected chi connectivity index (χ0v) is 20.1. The minimum absolute atomic E-state index is 0.165. The molecule has 2 heterocycles. The zero-order valence-electron chi connectivity index (χ0n) is 19.3. The van der Waals surface area contributed by atoms with Crippen LogP contribution in [0.3, 0.4) is 0 Å². The van der Waals surface area contributed by atoms with Crippen molar-refractivity contribution in [2.24, 2.45) is 5.92 Å². The number of nitrogens with zero attached hydrogens (tertiary/aromatic N) is 4. The van der Waals surface area contributed by atoms with Crippen molar-refractivity contribution in [3.8, 4) is 0 Å². The predicted octanol–water partition coefficient (Wildman–Crippen LogP) is 2.87. The van der Waals surface area contributed by atoms with Crippen molar-refractivity contribution in [1.82, 2.24) is 19.4 Å². The molecule has 172 valence electrons. The maximum Gasteiger partial charge on any atom is 0.348 e. The Labute approximate surface area is 195 Å². The third-order valence-corrected chi connectivity index (χ3v) is 7.64. The van der Waals surface area contributed by atoms with Crippen LogP contribution in [0.5, 0.6) is 0 Å². The van der Waals surface area contributed by atoms with E-state index < -0.39 is 0 Å². The second-order valence-corrected chi connectivity index (χ2v) is 10.2. The highest BCUT2D eigenvalue weighted by atomic mass is 32.2. The van der Waals surface area contributed by atoms with Gasteiger partial charge in [-0.05, 0) is 64.1 Å². The summed E-state index contributed by atoms with van der Waals surface area (Å²) in [5.74, 6) is 1.18. The standard InChI is InChI=1S/C25H34N4O2S/c1-27(2)15-16-29-22-10-6-9-21(22)24(26-25(29)31)32-18-23(30)28-13-11-20(12-14-28)17-19-7-4-3-5-8-19/h3-5,7-8,20H,6,9-18H2,1-2H3. The smallest absolute Gasteiger partial charge is 0.342 e. The molecule has 4 rings (SSSR count). The van der Waals surface area contributed by atoms with E-state index in [2.05, 4.69) is 40.2 Å². The van der Waals surface area contributed by atoms with Crippen molar-refractivity contribution in [2.45, 2.75) is 50.1 Å². The topological polar surface area (TPSA) is 58.4 Å². The molecule has 32 heavy (non-hydrogen) atoms. The molecular weight excluding hydrogens is 420 g/mol. The Morgan fingerprint density at radius 1 is 1.16 bits per heavy atom. The molecule has 1 saturated heterocycles. The van der Waals surface area contributed by atoms with Gasteiger partial charge < -0.3 is 9.80 Å². The summed E-state index contributed by atoms with van der Waals surface area (Å²) in [6.07, 6.45) is 6.14. The average Bonchev–Trinajstić information content (AvgIpc) is 3.28. The van der Waals surface area contributed by atoms with E-state index in [4.69, 9.17) is 0 Å². The first-order valence-electron chi connectivity index (χ1n) is 11.7. The molecular formula is C25H34N4O2S. The molecule has 6 nitrogen and oxygen atoms in total. The lowest BCUT2D eigenvalue weighted by Crippen LogP contribution is -2.40. The van der Waals surface area contributed by atoms with E-state index in [-0.39, 0.29) is 11.6 Å². The zero-order chi connectivity index (χ0) is 22.5. The summed E-state index contributed by atoms with van der Waals surface area (Å²) >= 11 is 1.45. The molecule has 1 aliphatic heterocycles. The molecule has 1 amide bonds. The molecule has 2 aromatic rings. The molecule has 1 aromatic carbocycles. The minimum atomic E-state index is -0.177. The van der Waals surface area contributed by atoms with Crippen LogP contribution >= 0.6 is 11.8 Å². The Hall–Kier alpha value is -2.12. The van der Waals surface area contributed by atoms with Crippen LogP contribution in [0.1, 0.15) is 36.1 Å². The van der Waals surface area contributed by atoms with Crippen LogP contribution in [0.2, 0.25) is 0 Å².